The van der Waals surface area contributed by atoms with E-state index in [9.17, 15) is 4.39 Å². The second-order valence-corrected chi connectivity index (χ2v) is 15.7. The van der Waals surface area contributed by atoms with Crippen LogP contribution in [-0.2, 0) is 8.85 Å². The highest BCUT2D eigenvalue weighted by Gasteiger charge is 2.25. The normalized spacial score (nSPS) is 14.5. The van der Waals surface area contributed by atoms with Gasteiger partial charge in [0.15, 0.2) is 16.6 Å². The minimum absolute atomic E-state index is 0.0982. The fraction of sp³-hybridized carbons (Fsp3) is 0.571. The summed E-state index contributed by atoms with van der Waals surface area (Å²) >= 11 is 0. The maximum atomic E-state index is 13.0. The molecule has 0 bridgehead atoms. The second kappa shape index (κ2) is 6.30. The molecule has 0 amide bonds. The molecule has 1 atom stereocenters. The van der Waals surface area contributed by atoms with Gasteiger partial charge in [-0.15, -0.1) is 0 Å². The third-order valence-electron chi connectivity index (χ3n) is 2.41. The Hall–Kier alpha value is -0.496. The smallest absolute Gasteiger partial charge is 0.184 e. The van der Waals surface area contributed by atoms with Gasteiger partial charge in [0.1, 0.15) is 5.82 Å². The van der Waals surface area contributed by atoms with Gasteiger partial charge in [-0.3, -0.25) is 0 Å². The molecule has 0 aliphatic heterocycles. The Bertz CT molecular complexity index is 393. The zero-order chi connectivity index (χ0) is 14.7. The van der Waals surface area contributed by atoms with Crippen LogP contribution in [0.15, 0.2) is 24.3 Å². The van der Waals surface area contributed by atoms with Crippen molar-refractivity contribution >= 4 is 16.6 Å². The minimum Gasteiger partial charge on any atom is -0.415 e. The van der Waals surface area contributed by atoms with Crippen molar-refractivity contribution in [3.63, 3.8) is 0 Å². The van der Waals surface area contributed by atoms with Crippen molar-refractivity contribution in [2.75, 3.05) is 6.61 Å². The molecule has 0 radical (unpaired) electrons. The molecule has 0 aromatic heterocycles. The van der Waals surface area contributed by atoms with Crippen molar-refractivity contribution < 1.29 is 13.2 Å². The molecule has 0 saturated heterocycles. The summed E-state index contributed by atoms with van der Waals surface area (Å²) in [5.74, 6) is -0.221. The molecule has 0 saturated carbocycles. The number of hydrogen-bond acceptors (Lipinski definition) is 2. The highest BCUT2D eigenvalue weighted by atomic mass is 28.4. The lowest BCUT2D eigenvalue weighted by Crippen LogP contribution is -2.33. The molecule has 1 aromatic carbocycles. The lowest BCUT2D eigenvalue weighted by Gasteiger charge is -2.29. The molecule has 2 nitrogen and oxygen atoms in total. The van der Waals surface area contributed by atoms with Crippen LogP contribution in [0.4, 0.5) is 4.39 Å². The summed E-state index contributed by atoms with van der Waals surface area (Å²) in [7, 11) is -3.25. The molecule has 0 spiro atoms. The van der Waals surface area contributed by atoms with Crippen LogP contribution < -0.4 is 0 Å². The third kappa shape index (κ3) is 7.01. The van der Waals surface area contributed by atoms with Crippen LogP contribution in [0.1, 0.15) is 11.7 Å². The fourth-order valence-corrected chi connectivity index (χ4v) is 3.34. The van der Waals surface area contributed by atoms with E-state index in [0.29, 0.717) is 6.61 Å². The van der Waals surface area contributed by atoms with Crippen molar-refractivity contribution in [1.82, 2.24) is 0 Å². The summed E-state index contributed by atoms with van der Waals surface area (Å²) in [5.41, 5.74) is 0.988. The first-order valence-corrected chi connectivity index (χ1v) is 13.5. The van der Waals surface area contributed by atoms with Crippen LogP contribution >= 0.6 is 0 Å². The molecule has 0 fully saturated rings. The van der Waals surface area contributed by atoms with Gasteiger partial charge in [0, 0.05) is 0 Å². The van der Waals surface area contributed by atoms with Crippen molar-refractivity contribution in [1.29, 1.82) is 0 Å². The van der Waals surface area contributed by atoms with Gasteiger partial charge in [-0.25, -0.2) is 4.39 Å². The largest absolute Gasteiger partial charge is 0.415 e. The number of benzene rings is 1. The third-order valence-corrected chi connectivity index (χ3v) is 4.43. The van der Waals surface area contributed by atoms with Gasteiger partial charge >= 0.3 is 0 Å². The fourth-order valence-electron chi connectivity index (χ4n) is 1.63. The number of hydrogen-bond donors (Lipinski definition) is 0. The van der Waals surface area contributed by atoms with Crippen LogP contribution in [-0.4, -0.2) is 23.2 Å². The van der Waals surface area contributed by atoms with Gasteiger partial charge in [0.25, 0.3) is 0 Å². The number of halogens is 1. The van der Waals surface area contributed by atoms with Crippen LogP contribution in [0.25, 0.3) is 0 Å². The average Bonchev–Trinajstić information content (AvgIpc) is 2.23. The Balaban J connectivity index is 2.83. The van der Waals surface area contributed by atoms with E-state index in [0.717, 1.165) is 5.56 Å². The maximum absolute atomic E-state index is 13.0. The maximum Gasteiger partial charge on any atom is 0.184 e. The second-order valence-electron chi connectivity index (χ2n) is 6.69. The Labute approximate surface area is 118 Å². The van der Waals surface area contributed by atoms with Gasteiger partial charge < -0.3 is 8.85 Å². The SMILES string of the molecule is C[Si](C)(C)OCC(O[Si](C)(C)C)c1ccc(F)cc1. The van der Waals surface area contributed by atoms with Crippen LogP contribution in [0.5, 0.6) is 0 Å². The highest BCUT2D eigenvalue weighted by molar-refractivity contribution is 6.70. The van der Waals surface area contributed by atoms with E-state index in [1.54, 1.807) is 12.1 Å². The van der Waals surface area contributed by atoms with Gasteiger partial charge in [-0.05, 0) is 57.0 Å². The first-order chi connectivity index (χ1) is 8.57. The molecule has 0 aliphatic rings. The Morgan fingerprint density at radius 2 is 1.47 bits per heavy atom. The molecule has 0 N–H and O–H groups in total. The molecule has 0 heterocycles. The molecule has 0 aliphatic carbocycles. The Morgan fingerprint density at radius 1 is 0.947 bits per heavy atom. The monoisotopic (exact) mass is 300 g/mol. The Kier molecular flexibility index (Phi) is 5.49. The van der Waals surface area contributed by atoms with Crippen molar-refractivity contribution in [3.05, 3.63) is 35.6 Å². The van der Waals surface area contributed by atoms with E-state index in [2.05, 4.69) is 39.3 Å². The lowest BCUT2D eigenvalue weighted by atomic mass is 10.1. The molecular formula is C14H25FO2Si2. The van der Waals surface area contributed by atoms with Gasteiger partial charge in [0.2, 0.25) is 0 Å². The Morgan fingerprint density at radius 3 is 1.89 bits per heavy atom. The topological polar surface area (TPSA) is 18.5 Å². The molecule has 1 unspecified atom stereocenters. The summed E-state index contributed by atoms with van der Waals surface area (Å²) in [6.07, 6.45) is -0.0982. The summed E-state index contributed by atoms with van der Waals surface area (Å²) in [5, 5.41) is 0. The summed E-state index contributed by atoms with van der Waals surface area (Å²) in [6, 6.07) is 6.52. The quantitative estimate of drug-likeness (QED) is 0.716. The summed E-state index contributed by atoms with van der Waals surface area (Å²) in [4.78, 5) is 0. The molecule has 5 heteroatoms. The zero-order valence-corrected chi connectivity index (χ0v) is 14.8. The first-order valence-electron chi connectivity index (χ1n) is 6.64. The summed E-state index contributed by atoms with van der Waals surface area (Å²) in [6.45, 7) is 13.5. The molecule has 19 heavy (non-hydrogen) atoms. The molecular weight excluding hydrogens is 275 g/mol. The van der Waals surface area contributed by atoms with Crippen molar-refractivity contribution in [2.24, 2.45) is 0 Å². The van der Waals surface area contributed by atoms with E-state index >= 15 is 0 Å². The van der Waals surface area contributed by atoms with Crippen LogP contribution in [0, 0.1) is 5.82 Å². The van der Waals surface area contributed by atoms with E-state index in [1.165, 1.54) is 12.1 Å². The highest BCUT2D eigenvalue weighted by Crippen LogP contribution is 2.24. The van der Waals surface area contributed by atoms with E-state index < -0.39 is 16.6 Å². The molecule has 1 rings (SSSR count). The van der Waals surface area contributed by atoms with Gasteiger partial charge in [-0.2, -0.15) is 0 Å². The first kappa shape index (κ1) is 16.6. The standard InChI is InChI=1S/C14H25FO2Si2/c1-18(2,3)16-11-14(17-19(4,5)6)12-7-9-13(15)10-8-12/h7-10,14H,11H2,1-6H3. The van der Waals surface area contributed by atoms with Crippen LogP contribution in [0.3, 0.4) is 0 Å². The van der Waals surface area contributed by atoms with E-state index in [1.807, 2.05) is 0 Å². The predicted octanol–water partition coefficient (Wildman–Crippen LogP) is 4.57. The summed E-state index contributed by atoms with van der Waals surface area (Å²) < 4.78 is 25.1. The number of rotatable bonds is 6. The predicted molar refractivity (Wildman–Crippen MR) is 82.9 cm³/mol. The minimum atomic E-state index is -1.67. The average molecular weight is 301 g/mol. The van der Waals surface area contributed by atoms with E-state index in [-0.39, 0.29) is 11.9 Å². The van der Waals surface area contributed by atoms with Crippen molar-refractivity contribution in [2.45, 2.75) is 45.4 Å². The molecule has 108 valence electrons. The lowest BCUT2D eigenvalue weighted by molar-refractivity contribution is 0.119. The van der Waals surface area contributed by atoms with Crippen LogP contribution in [0.2, 0.25) is 39.3 Å². The van der Waals surface area contributed by atoms with Gasteiger partial charge in [-0.1, -0.05) is 12.1 Å². The molecule has 1 aromatic rings. The zero-order valence-electron chi connectivity index (χ0n) is 12.8. The van der Waals surface area contributed by atoms with Crippen molar-refractivity contribution in [3.8, 4) is 0 Å². The van der Waals surface area contributed by atoms with E-state index in [4.69, 9.17) is 8.85 Å². The van der Waals surface area contributed by atoms with Gasteiger partial charge in [0.05, 0.1) is 12.7 Å².